The Hall–Kier alpha value is -3.19. The number of carbonyl (C=O) groups excluding carboxylic acids is 2. The predicted octanol–water partition coefficient (Wildman–Crippen LogP) is 6.17. The molecule has 37 heavy (non-hydrogen) atoms. The molecule has 0 atom stereocenters. The first kappa shape index (κ1) is 26.9. The minimum atomic E-state index is -0.913. The number of aromatic nitrogens is 2. The average molecular weight is 517 g/mol. The van der Waals surface area contributed by atoms with Crippen molar-refractivity contribution in [2.24, 2.45) is 0 Å². The van der Waals surface area contributed by atoms with Crippen LogP contribution in [0.2, 0.25) is 0 Å². The summed E-state index contributed by atoms with van der Waals surface area (Å²) in [4.78, 5) is 38.9. The highest BCUT2D eigenvalue weighted by Gasteiger charge is 2.47. The van der Waals surface area contributed by atoms with Crippen LogP contribution in [0.1, 0.15) is 60.2 Å². The molecular weight excluding hydrogens is 480 g/mol. The summed E-state index contributed by atoms with van der Waals surface area (Å²) in [5.41, 5.74) is 4.71. The van der Waals surface area contributed by atoms with Crippen LogP contribution in [0.3, 0.4) is 0 Å². The summed E-state index contributed by atoms with van der Waals surface area (Å²) in [5, 5.41) is 3.82. The van der Waals surface area contributed by atoms with Gasteiger partial charge in [0.2, 0.25) is 11.8 Å². The summed E-state index contributed by atoms with van der Waals surface area (Å²) in [6, 6.07) is 17.9. The Kier molecular flexibility index (Phi) is 8.64. The van der Waals surface area contributed by atoms with E-state index in [1.54, 1.807) is 0 Å². The normalized spacial score (nSPS) is 14.7. The summed E-state index contributed by atoms with van der Waals surface area (Å²) >= 11 is 1.33. The van der Waals surface area contributed by atoms with Crippen molar-refractivity contribution >= 4 is 29.3 Å². The van der Waals surface area contributed by atoms with E-state index in [0.29, 0.717) is 24.5 Å². The van der Waals surface area contributed by atoms with Crippen molar-refractivity contribution in [3.63, 3.8) is 0 Å². The number of anilines is 1. The van der Waals surface area contributed by atoms with E-state index >= 15 is 0 Å². The van der Waals surface area contributed by atoms with Crippen LogP contribution in [0, 0.1) is 27.7 Å². The van der Waals surface area contributed by atoms with Gasteiger partial charge in [0, 0.05) is 23.6 Å². The number of nitrogens with zero attached hydrogens (tertiary/aromatic N) is 3. The molecule has 1 N–H and O–H groups in total. The highest BCUT2D eigenvalue weighted by molar-refractivity contribution is 7.99. The number of para-hydroxylation sites is 1. The number of hydrogen-bond donors (Lipinski definition) is 1. The van der Waals surface area contributed by atoms with E-state index in [4.69, 9.17) is 0 Å². The molecule has 1 heterocycles. The van der Waals surface area contributed by atoms with E-state index in [1.807, 2.05) is 87.2 Å². The Bertz CT molecular complexity index is 1220. The molecule has 7 heteroatoms. The average Bonchev–Trinajstić information content (AvgIpc) is 2.88. The SMILES string of the molecule is Cc1cc(C)nc(SCC(=O)N(Cc2ccccc2)C2(C(=O)Nc3c(C)cccc3C)CCCCC2)n1. The van der Waals surface area contributed by atoms with Crippen molar-refractivity contribution in [1.82, 2.24) is 14.9 Å². The van der Waals surface area contributed by atoms with Crippen molar-refractivity contribution in [3.05, 3.63) is 82.7 Å². The fourth-order valence-corrected chi connectivity index (χ4v) is 6.03. The summed E-state index contributed by atoms with van der Waals surface area (Å²) in [7, 11) is 0. The molecule has 0 radical (unpaired) electrons. The number of thioether (sulfide) groups is 1. The number of hydrogen-bond acceptors (Lipinski definition) is 5. The molecule has 0 unspecified atom stereocenters. The molecular formula is C30H36N4O2S. The summed E-state index contributed by atoms with van der Waals surface area (Å²) < 4.78 is 0. The number of carbonyl (C=O) groups is 2. The Morgan fingerprint density at radius 1 is 0.892 bits per heavy atom. The van der Waals surface area contributed by atoms with Gasteiger partial charge in [-0.1, -0.05) is 79.6 Å². The number of benzene rings is 2. The van der Waals surface area contributed by atoms with Gasteiger partial charge in [0.05, 0.1) is 5.75 Å². The zero-order chi connectivity index (χ0) is 26.4. The van der Waals surface area contributed by atoms with Gasteiger partial charge in [-0.05, 0) is 63.3 Å². The van der Waals surface area contributed by atoms with Gasteiger partial charge >= 0.3 is 0 Å². The fraction of sp³-hybridized carbons (Fsp3) is 0.400. The lowest BCUT2D eigenvalue weighted by molar-refractivity contribution is -0.146. The lowest BCUT2D eigenvalue weighted by Crippen LogP contribution is -2.60. The summed E-state index contributed by atoms with van der Waals surface area (Å²) in [6.45, 7) is 8.25. The van der Waals surface area contributed by atoms with Gasteiger partial charge in [0.25, 0.3) is 0 Å². The van der Waals surface area contributed by atoms with E-state index in [1.165, 1.54) is 11.8 Å². The summed E-state index contributed by atoms with van der Waals surface area (Å²) in [6.07, 6.45) is 4.18. The molecule has 1 saturated carbocycles. The van der Waals surface area contributed by atoms with Crippen molar-refractivity contribution < 1.29 is 9.59 Å². The standard InChI is InChI=1S/C30H36N4O2S/c1-21-12-11-13-22(2)27(21)33-28(36)30(16-9-6-10-17-30)34(19-25-14-7-5-8-15-25)26(35)20-37-29-31-23(3)18-24(4)32-29/h5,7-8,11-15,18H,6,9-10,16-17,19-20H2,1-4H3,(H,33,36). The van der Waals surface area contributed by atoms with E-state index in [2.05, 4.69) is 15.3 Å². The lowest BCUT2D eigenvalue weighted by Gasteiger charge is -2.45. The molecule has 3 aromatic rings. The van der Waals surface area contributed by atoms with Crippen molar-refractivity contribution in [1.29, 1.82) is 0 Å². The zero-order valence-electron chi connectivity index (χ0n) is 22.2. The molecule has 2 aromatic carbocycles. The van der Waals surface area contributed by atoms with Crippen molar-refractivity contribution in [3.8, 4) is 0 Å². The number of aryl methyl sites for hydroxylation is 4. The Balaban J connectivity index is 1.67. The highest BCUT2D eigenvalue weighted by Crippen LogP contribution is 2.37. The first-order valence-electron chi connectivity index (χ1n) is 13.0. The number of rotatable bonds is 8. The molecule has 194 valence electrons. The summed E-state index contributed by atoms with van der Waals surface area (Å²) in [5.74, 6) is 0.00503. The zero-order valence-corrected chi connectivity index (χ0v) is 23.0. The van der Waals surface area contributed by atoms with Crippen LogP contribution in [0.5, 0.6) is 0 Å². The van der Waals surface area contributed by atoms with E-state index < -0.39 is 5.54 Å². The molecule has 2 amide bonds. The second-order valence-electron chi connectivity index (χ2n) is 10.0. The smallest absolute Gasteiger partial charge is 0.250 e. The third-order valence-electron chi connectivity index (χ3n) is 7.11. The topological polar surface area (TPSA) is 75.2 Å². The lowest BCUT2D eigenvalue weighted by atomic mass is 9.78. The highest BCUT2D eigenvalue weighted by atomic mass is 32.2. The molecule has 6 nitrogen and oxygen atoms in total. The maximum Gasteiger partial charge on any atom is 0.250 e. The van der Waals surface area contributed by atoms with E-state index in [-0.39, 0.29) is 17.6 Å². The second-order valence-corrected chi connectivity index (χ2v) is 10.9. The van der Waals surface area contributed by atoms with Crippen LogP contribution >= 0.6 is 11.8 Å². The van der Waals surface area contributed by atoms with Gasteiger partial charge < -0.3 is 10.2 Å². The fourth-order valence-electron chi connectivity index (χ4n) is 5.20. The van der Waals surface area contributed by atoms with Crippen LogP contribution in [-0.4, -0.2) is 38.0 Å². The predicted molar refractivity (Wildman–Crippen MR) is 150 cm³/mol. The number of amides is 2. The monoisotopic (exact) mass is 516 g/mol. The minimum Gasteiger partial charge on any atom is -0.324 e. The van der Waals surface area contributed by atoms with Crippen molar-refractivity contribution in [2.75, 3.05) is 11.1 Å². The van der Waals surface area contributed by atoms with E-state index in [9.17, 15) is 9.59 Å². The Morgan fingerprint density at radius 2 is 1.51 bits per heavy atom. The van der Waals surface area contributed by atoms with Gasteiger partial charge in [-0.15, -0.1) is 0 Å². The number of nitrogens with one attached hydrogen (secondary N) is 1. The van der Waals surface area contributed by atoms with Crippen LogP contribution in [0.15, 0.2) is 59.8 Å². The van der Waals surface area contributed by atoms with Crippen LogP contribution in [-0.2, 0) is 16.1 Å². The Morgan fingerprint density at radius 3 is 2.14 bits per heavy atom. The molecule has 1 fully saturated rings. The van der Waals surface area contributed by atoms with Crippen LogP contribution in [0.25, 0.3) is 0 Å². The molecule has 1 aromatic heterocycles. The molecule has 0 aliphatic heterocycles. The largest absolute Gasteiger partial charge is 0.324 e. The van der Waals surface area contributed by atoms with Gasteiger partial charge in [-0.2, -0.15) is 0 Å². The third kappa shape index (κ3) is 6.39. The molecule has 0 spiro atoms. The quantitative estimate of drug-likeness (QED) is 0.286. The molecule has 0 bridgehead atoms. The van der Waals surface area contributed by atoms with Gasteiger partial charge in [-0.3, -0.25) is 9.59 Å². The van der Waals surface area contributed by atoms with Crippen LogP contribution < -0.4 is 5.32 Å². The maximum atomic E-state index is 14.2. The first-order chi connectivity index (χ1) is 17.8. The van der Waals surface area contributed by atoms with Crippen LogP contribution in [0.4, 0.5) is 5.69 Å². The minimum absolute atomic E-state index is 0.0739. The van der Waals surface area contributed by atoms with E-state index in [0.717, 1.165) is 53.0 Å². The second kappa shape index (κ2) is 11.9. The maximum absolute atomic E-state index is 14.2. The molecule has 1 aliphatic carbocycles. The third-order valence-corrected chi connectivity index (χ3v) is 7.94. The van der Waals surface area contributed by atoms with Gasteiger partial charge in [0.15, 0.2) is 5.16 Å². The van der Waals surface area contributed by atoms with Crippen molar-refractivity contribution in [2.45, 2.75) is 77.0 Å². The molecule has 1 aliphatic rings. The first-order valence-corrected chi connectivity index (χ1v) is 13.9. The van der Waals surface area contributed by atoms with Gasteiger partial charge in [0.1, 0.15) is 5.54 Å². The van der Waals surface area contributed by atoms with Gasteiger partial charge in [-0.25, -0.2) is 9.97 Å². The Labute approximate surface area is 224 Å². The molecule has 0 saturated heterocycles. The molecule has 4 rings (SSSR count).